The van der Waals surface area contributed by atoms with Crippen molar-refractivity contribution in [2.45, 2.75) is 32.7 Å². The first kappa shape index (κ1) is 15.9. The van der Waals surface area contributed by atoms with Gasteiger partial charge in [0.2, 0.25) is 0 Å². The molecule has 0 radical (unpaired) electrons. The zero-order chi connectivity index (χ0) is 14.5. The molecule has 0 spiro atoms. The van der Waals surface area contributed by atoms with Crippen LogP contribution in [0.1, 0.15) is 37.6 Å². The van der Waals surface area contributed by atoms with Crippen LogP contribution in [0.3, 0.4) is 0 Å². The zero-order valence-corrected chi connectivity index (χ0v) is 14.7. The fraction of sp³-hybridized carbons (Fsp3) is 0.375. The van der Waals surface area contributed by atoms with Gasteiger partial charge in [0, 0.05) is 24.9 Å². The minimum absolute atomic E-state index is 0.175. The summed E-state index contributed by atoms with van der Waals surface area (Å²) in [5, 5.41) is 3.54. The van der Waals surface area contributed by atoms with Crippen molar-refractivity contribution >= 4 is 33.9 Å². The highest BCUT2D eigenvalue weighted by Crippen LogP contribution is 2.35. The van der Waals surface area contributed by atoms with Crippen molar-refractivity contribution in [1.29, 1.82) is 0 Å². The minimum Gasteiger partial charge on any atom is -0.310 e. The highest BCUT2D eigenvalue weighted by molar-refractivity contribution is 14.1. The summed E-state index contributed by atoms with van der Waals surface area (Å²) in [5.74, 6) is -0.175. The van der Waals surface area contributed by atoms with Crippen molar-refractivity contribution in [2.75, 3.05) is 6.54 Å². The van der Waals surface area contributed by atoms with Gasteiger partial charge in [-0.25, -0.2) is 4.39 Å². The molecule has 0 saturated heterocycles. The third-order valence-corrected chi connectivity index (χ3v) is 5.32. The Hall–Kier alpha value is -0.460. The normalized spacial score (nSPS) is 12.6. The van der Waals surface area contributed by atoms with Gasteiger partial charge in [-0.2, -0.15) is 0 Å². The molecule has 0 fully saturated rings. The van der Waals surface area contributed by atoms with Crippen LogP contribution in [0, 0.1) is 9.39 Å². The van der Waals surface area contributed by atoms with Crippen molar-refractivity contribution in [3.63, 3.8) is 0 Å². The van der Waals surface area contributed by atoms with E-state index in [0.717, 1.165) is 22.1 Å². The summed E-state index contributed by atoms with van der Waals surface area (Å²) in [6, 6.07) is 9.77. The summed E-state index contributed by atoms with van der Waals surface area (Å²) in [4.78, 5) is 2.58. The highest BCUT2D eigenvalue weighted by atomic mass is 127. The van der Waals surface area contributed by atoms with Crippen molar-refractivity contribution in [3.05, 3.63) is 44.6 Å². The van der Waals surface area contributed by atoms with Crippen LogP contribution in [-0.4, -0.2) is 6.54 Å². The van der Waals surface area contributed by atoms with Gasteiger partial charge in [-0.15, -0.1) is 11.3 Å². The van der Waals surface area contributed by atoms with Crippen molar-refractivity contribution in [3.8, 4) is 10.4 Å². The van der Waals surface area contributed by atoms with Gasteiger partial charge in [0.25, 0.3) is 0 Å². The molecule has 0 bridgehead atoms. The molecule has 1 aromatic carbocycles. The maximum absolute atomic E-state index is 13.2. The van der Waals surface area contributed by atoms with E-state index >= 15 is 0 Å². The van der Waals surface area contributed by atoms with E-state index < -0.39 is 0 Å². The molecule has 2 rings (SSSR count). The molecule has 108 valence electrons. The molecule has 1 nitrogen and oxygen atoms in total. The second kappa shape index (κ2) is 7.52. The Morgan fingerprint density at radius 2 is 2.05 bits per heavy atom. The number of rotatable bonds is 6. The second-order valence-corrected chi connectivity index (χ2v) is 7.00. The Bertz CT molecular complexity index is 561. The Kier molecular flexibility index (Phi) is 5.99. The molecule has 0 saturated carbocycles. The van der Waals surface area contributed by atoms with Crippen molar-refractivity contribution < 1.29 is 4.39 Å². The maximum Gasteiger partial charge on any atom is 0.124 e. The summed E-state index contributed by atoms with van der Waals surface area (Å²) in [6.45, 7) is 5.33. The van der Waals surface area contributed by atoms with Crippen LogP contribution < -0.4 is 5.32 Å². The predicted octanol–water partition coefficient (Wildman–Crippen LogP) is 5.61. The number of halogens is 2. The summed E-state index contributed by atoms with van der Waals surface area (Å²) in [5.41, 5.74) is 1.12. The van der Waals surface area contributed by atoms with E-state index in [4.69, 9.17) is 0 Å². The Labute approximate surface area is 137 Å². The van der Waals surface area contributed by atoms with Crippen LogP contribution in [0.2, 0.25) is 0 Å². The summed E-state index contributed by atoms with van der Waals surface area (Å²) in [7, 11) is 0. The molecule has 4 heteroatoms. The van der Waals surface area contributed by atoms with Gasteiger partial charge < -0.3 is 5.32 Å². The average molecular weight is 403 g/mol. The fourth-order valence-electron chi connectivity index (χ4n) is 2.25. The van der Waals surface area contributed by atoms with Crippen LogP contribution in [0.4, 0.5) is 4.39 Å². The molecule has 0 aliphatic rings. The number of hydrogen-bond donors (Lipinski definition) is 1. The van der Waals surface area contributed by atoms with Gasteiger partial charge in [-0.05, 0) is 65.9 Å². The molecule has 1 heterocycles. The minimum atomic E-state index is -0.175. The first-order chi connectivity index (χ1) is 9.65. The van der Waals surface area contributed by atoms with E-state index in [1.807, 2.05) is 6.07 Å². The van der Waals surface area contributed by atoms with Gasteiger partial charge in [-0.1, -0.05) is 20.3 Å². The fourth-order valence-corrected chi connectivity index (χ4v) is 4.36. The van der Waals surface area contributed by atoms with Crippen LogP contribution in [-0.2, 0) is 0 Å². The highest BCUT2D eigenvalue weighted by Gasteiger charge is 2.14. The van der Waals surface area contributed by atoms with Crippen LogP contribution in [0.25, 0.3) is 10.4 Å². The summed E-state index contributed by atoms with van der Waals surface area (Å²) < 4.78 is 14.2. The van der Waals surface area contributed by atoms with Crippen LogP contribution in [0.5, 0.6) is 0 Å². The second-order valence-electron chi connectivity index (χ2n) is 4.73. The van der Waals surface area contributed by atoms with Gasteiger partial charge >= 0.3 is 0 Å². The lowest BCUT2D eigenvalue weighted by Gasteiger charge is -2.15. The van der Waals surface area contributed by atoms with E-state index in [0.29, 0.717) is 6.04 Å². The standard InChI is InChI=1S/C16H19FINS/c1-3-5-14(19-4-2)16-9-8-15(20-16)12-7-6-11(17)10-13(12)18/h6-10,14,19H,3-5H2,1-2H3. The van der Waals surface area contributed by atoms with Crippen molar-refractivity contribution in [2.24, 2.45) is 0 Å². The lowest BCUT2D eigenvalue weighted by atomic mass is 10.1. The SMILES string of the molecule is CCCC(NCC)c1ccc(-c2ccc(F)cc2I)s1. The average Bonchev–Trinajstić information content (AvgIpc) is 2.88. The van der Waals surface area contributed by atoms with E-state index in [-0.39, 0.29) is 5.82 Å². The predicted molar refractivity (Wildman–Crippen MR) is 93.8 cm³/mol. The number of thiophene rings is 1. The van der Waals surface area contributed by atoms with Crippen LogP contribution >= 0.6 is 33.9 Å². The molecule has 0 amide bonds. The Morgan fingerprint density at radius 1 is 1.25 bits per heavy atom. The Balaban J connectivity index is 2.27. The molecule has 20 heavy (non-hydrogen) atoms. The maximum atomic E-state index is 13.2. The van der Waals surface area contributed by atoms with E-state index in [1.54, 1.807) is 17.4 Å². The summed E-state index contributed by atoms with van der Waals surface area (Å²) in [6.07, 6.45) is 2.31. The van der Waals surface area contributed by atoms with E-state index in [2.05, 4.69) is 53.9 Å². The number of hydrogen-bond acceptors (Lipinski definition) is 2. The lowest BCUT2D eigenvalue weighted by molar-refractivity contribution is 0.516. The molecule has 0 aliphatic carbocycles. The molecule has 1 atom stereocenters. The third kappa shape index (κ3) is 3.80. The monoisotopic (exact) mass is 403 g/mol. The first-order valence-electron chi connectivity index (χ1n) is 6.94. The van der Waals surface area contributed by atoms with Gasteiger partial charge in [-0.3, -0.25) is 0 Å². The van der Waals surface area contributed by atoms with Crippen LogP contribution in [0.15, 0.2) is 30.3 Å². The molecule has 1 N–H and O–H groups in total. The Morgan fingerprint density at radius 3 is 2.70 bits per heavy atom. The smallest absolute Gasteiger partial charge is 0.124 e. The largest absolute Gasteiger partial charge is 0.310 e. The lowest BCUT2D eigenvalue weighted by Crippen LogP contribution is -2.19. The first-order valence-corrected chi connectivity index (χ1v) is 8.83. The molecule has 1 aromatic heterocycles. The van der Waals surface area contributed by atoms with E-state index in [9.17, 15) is 4.39 Å². The zero-order valence-electron chi connectivity index (χ0n) is 11.7. The molecule has 2 aromatic rings. The van der Waals surface area contributed by atoms with Gasteiger partial charge in [0.15, 0.2) is 0 Å². The molecule has 0 aliphatic heterocycles. The summed E-state index contributed by atoms with van der Waals surface area (Å²) >= 11 is 4.00. The molecular weight excluding hydrogens is 384 g/mol. The topological polar surface area (TPSA) is 12.0 Å². The van der Waals surface area contributed by atoms with Gasteiger partial charge in [0.05, 0.1) is 0 Å². The number of benzene rings is 1. The van der Waals surface area contributed by atoms with Crippen molar-refractivity contribution in [1.82, 2.24) is 5.32 Å². The third-order valence-electron chi connectivity index (χ3n) is 3.19. The molecular formula is C16H19FINS. The van der Waals surface area contributed by atoms with Gasteiger partial charge in [0.1, 0.15) is 5.82 Å². The molecule has 1 unspecified atom stereocenters. The quantitative estimate of drug-likeness (QED) is 0.619. The number of nitrogens with one attached hydrogen (secondary N) is 1. The van der Waals surface area contributed by atoms with E-state index in [1.165, 1.54) is 22.2 Å².